The smallest absolute Gasteiger partial charge is 0.248 e. The van der Waals surface area contributed by atoms with Crippen LogP contribution in [0.5, 0.6) is 0 Å². The van der Waals surface area contributed by atoms with E-state index in [9.17, 15) is 0 Å². The lowest BCUT2D eigenvalue weighted by Crippen LogP contribution is -2.60. The molecule has 0 radical (unpaired) electrons. The third kappa shape index (κ3) is 9.55. The molecule has 4 aliphatic heterocycles. The molecule has 2 nitrogen and oxygen atoms in total. The number of anilines is 6. The second-order valence-corrected chi connectivity index (χ2v) is 36.5. The molecule has 0 atom stereocenters. The number of fused-ring (bicyclic) bond motifs is 8. The lowest BCUT2D eigenvalue weighted by Gasteiger charge is -2.43. The van der Waals surface area contributed by atoms with Crippen LogP contribution < -0.4 is 42.6 Å². The normalized spacial score (nSPS) is 14.3. The molecule has 490 valence electrons. The van der Waals surface area contributed by atoms with Gasteiger partial charge in [0, 0.05) is 34.1 Å². The predicted octanol–water partition coefficient (Wildman–Crippen LogP) is 22.5. The molecule has 0 saturated heterocycles. The maximum absolute atomic E-state index is 2.79. The average molecular weight is 1280 g/mol. The Kier molecular flexibility index (Phi) is 14.0. The van der Waals surface area contributed by atoms with Crippen molar-refractivity contribution in [2.24, 2.45) is 0 Å². The molecular weight excluding hydrogens is 1180 g/mol. The first-order valence-electron chi connectivity index (χ1n) is 36.6. The summed E-state index contributed by atoms with van der Waals surface area (Å²) in [5.41, 5.74) is 36.6. The van der Waals surface area contributed by atoms with Gasteiger partial charge in [-0.25, -0.2) is 0 Å². The molecular formula is C94H98B2N2. The Balaban J connectivity index is 1.22. The summed E-state index contributed by atoms with van der Waals surface area (Å²) in [6.07, 6.45) is 0. The van der Waals surface area contributed by atoms with Gasteiger partial charge in [0.25, 0.3) is 0 Å². The van der Waals surface area contributed by atoms with E-state index in [1.165, 1.54) is 188 Å². The molecule has 0 aliphatic carbocycles. The number of nitrogens with zero attached hydrogens (tertiary/aromatic N) is 2. The van der Waals surface area contributed by atoms with Gasteiger partial charge in [-0.15, -0.1) is 0 Å². The first-order chi connectivity index (χ1) is 46.1. The van der Waals surface area contributed by atoms with Crippen molar-refractivity contribution in [2.45, 2.75) is 197 Å². The van der Waals surface area contributed by atoms with Crippen molar-refractivity contribution >= 4 is 113 Å². The van der Waals surface area contributed by atoms with Gasteiger partial charge in [0.15, 0.2) is 0 Å². The number of rotatable bonds is 6. The molecule has 0 N–H and O–H groups in total. The van der Waals surface area contributed by atoms with Gasteiger partial charge in [-0.1, -0.05) is 285 Å². The van der Waals surface area contributed by atoms with E-state index in [1.807, 2.05) is 0 Å². The molecule has 0 amide bonds. The average Bonchev–Trinajstić information content (AvgIpc) is 0.661. The van der Waals surface area contributed by atoms with Crippen LogP contribution in [0.4, 0.5) is 34.1 Å². The summed E-state index contributed by atoms with van der Waals surface area (Å²) >= 11 is 0. The second-order valence-electron chi connectivity index (χ2n) is 36.5. The van der Waals surface area contributed by atoms with Crippen LogP contribution in [-0.4, -0.2) is 13.4 Å². The first-order valence-corrected chi connectivity index (χ1v) is 36.6. The van der Waals surface area contributed by atoms with Crippen molar-refractivity contribution < 1.29 is 0 Å². The molecule has 0 unspecified atom stereocenters. The minimum Gasteiger partial charge on any atom is -0.311 e. The molecule has 0 fully saturated rings. The summed E-state index contributed by atoms with van der Waals surface area (Å²) in [6, 6.07) is 73.3. The highest BCUT2D eigenvalue weighted by Gasteiger charge is 2.47. The van der Waals surface area contributed by atoms with Crippen molar-refractivity contribution in [3.05, 3.63) is 226 Å². The molecule has 12 aromatic carbocycles. The number of benzene rings is 12. The Morgan fingerprint density at radius 3 is 0.898 bits per heavy atom. The Morgan fingerprint density at radius 1 is 0.276 bits per heavy atom. The third-order valence-corrected chi connectivity index (χ3v) is 22.9. The lowest BCUT2D eigenvalue weighted by molar-refractivity contribution is 0.550. The van der Waals surface area contributed by atoms with E-state index in [4.69, 9.17) is 0 Å². The van der Waals surface area contributed by atoms with Crippen LogP contribution in [-0.2, 0) is 32.5 Å². The topological polar surface area (TPSA) is 6.48 Å². The Bertz CT molecular complexity index is 4920. The summed E-state index contributed by atoms with van der Waals surface area (Å²) < 4.78 is 0. The van der Waals surface area contributed by atoms with E-state index in [0.717, 1.165) is 0 Å². The van der Waals surface area contributed by atoms with Crippen LogP contribution in [0.2, 0.25) is 0 Å². The van der Waals surface area contributed by atoms with Crippen LogP contribution in [0.15, 0.2) is 182 Å². The minimum absolute atomic E-state index is 0.0675. The minimum atomic E-state index is -0.226. The summed E-state index contributed by atoms with van der Waals surface area (Å²) in [4.78, 5) is 5.21. The zero-order valence-corrected chi connectivity index (χ0v) is 62.5. The van der Waals surface area contributed by atoms with Crippen molar-refractivity contribution in [2.75, 3.05) is 9.80 Å². The maximum Gasteiger partial charge on any atom is 0.248 e. The molecule has 16 rings (SSSR count). The van der Waals surface area contributed by atoms with E-state index in [0.29, 0.717) is 0 Å². The largest absolute Gasteiger partial charge is 0.311 e. The summed E-state index contributed by atoms with van der Waals surface area (Å²) in [7, 11) is 0. The van der Waals surface area contributed by atoms with Crippen LogP contribution >= 0.6 is 0 Å². The van der Waals surface area contributed by atoms with Gasteiger partial charge in [0.05, 0.1) is 0 Å². The number of para-hydroxylation sites is 4. The molecule has 4 heterocycles. The summed E-state index contributed by atoms with van der Waals surface area (Å²) in [6.45, 7) is 53.6. The molecule has 4 aliphatic rings. The Morgan fingerprint density at radius 2 is 0.592 bits per heavy atom. The zero-order chi connectivity index (χ0) is 69.3. The van der Waals surface area contributed by atoms with E-state index in [2.05, 4.69) is 344 Å². The van der Waals surface area contributed by atoms with Gasteiger partial charge in [-0.2, -0.15) is 0 Å². The van der Waals surface area contributed by atoms with Crippen LogP contribution in [0.1, 0.15) is 209 Å². The highest BCUT2D eigenvalue weighted by molar-refractivity contribution is 7.02. The van der Waals surface area contributed by atoms with Gasteiger partial charge in [0.1, 0.15) is 0 Å². The van der Waals surface area contributed by atoms with Gasteiger partial charge >= 0.3 is 0 Å². The van der Waals surface area contributed by atoms with Gasteiger partial charge in [0.2, 0.25) is 13.4 Å². The van der Waals surface area contributed by atoms with Crippen molar-refractivity contribution in [3.63, 3.8) is 0 Å². The van der Waals surface area contributed by atoms with Crippen LogP contribution in [0.25, 0.3) is 76.8 Å². The quantitative estimate of drug-likeness (QED) is 0.121. The van der Waals surface area contributed by atoms with E-state index in [-0.39, 0.29) is 57.8 Å². The molecule has 0 saturated carbocycles. The number of hydrogen-bond donors (Lipinski definition) is 0. The second kappa shape index (κ2) is 21.5. The van der Waals surface area contributed by atoms with Crippen LogP contribution in [0.3, 0.4) is 0 Å². The first kappa shape index (κ1) is 64.1. The zero-order valence-electron chi connectivity index (χ0n) is 62.5. The maximum atomic E-state index is 2.79. The SMILES string of the molecule is CC(C)c1cc2c3c(c1)N(c1ccccc1)c1ccccc1B3c1cc3c(-c4c(C(C)(C)C)cc(C(C)(C)C)cc4C(C)(C)C)cc4c5c(cc6c(-c7c(C(C)(C)C)cc(C(C)(C)C)cc7C(C)(C)C)cc-2c1c6c35)B1c2ccccc2N(c2ccccc2)c2cc(C(C)C)cc-4c21. The number of hydrogen-bond acceptors (Lipinski definition) is 2. The molecule has 0 bridgehead atoms. The van der Waals surface area contributed by atoms with Crippen molar-refractivity contribution in [3.8, 4) is 44.5 Å². The molecule has 0 spiro atoms. The molecule has 4 heteroatoms. The molecule has 98 heavy (non-hydrogen) atoms. The fourth-order valence-corrected chi connectivity index (χ4v) is 17.9. The van der Waals surface area contributed by atoms with E-state index >= 15 is 0 Å². The molecule has 12 aromatic rings. The van der Waals surface area contributed by atoms with Gasteiger partial charge < -0.3 is 9.80 Å². The summed E-state index contributed by atoms with van der Waals surface area (Å²) in [5, 5.41) is 8.29. The standard InChI is InChI=1S/C94H98B2N2/c1-53(2)55-41-67-63-49-61(81-69(91(11,12)13)45-57(89(5,6)7)46-70(81)92(14,15)16)65-52-76-84-64(68-42-56(54(3)4)44-80-88(68)96(76)74-38-30-32-40-78(74)98(80)60-35-27-24-28-36-60)50-62(82-71(93(17,18)19)47-58(90(8,9)10)48-72(82)94(20,21)22)66-51-75(83(63)85(65)86(66)84)95-73-37-29-31-39-77(73)97(79(43-55)87(67)95)59-33-25-23-26-34-59/h23-54H,1-22H3. The van der Waals surface area contributed by atoms with Crippen molar-refractivity contribution in [1.82, 2.24) is 0 Å². The van der Waals surface area contributed by atoms with Crippen LogP contribution in [0, 0.1) is 0 Å². The fourth-order valence-electron chi connectivity index (χ4n) is 17.9. The van der Waals surface area contributed by atoms with Crippen molar-refractivity contribution in [1.29, 1.82) is 0 Å². The van der Waals surface area contributed by atoms with Gasteiger partial charge in [-0.05, 0) is 248 Å². The predicted molar refractivity (Wildman–Crippen MR) is 431 cm³/mol. The summed E-state index contributed by atoms with van der Waals surface area (Å²) in [5.74, 6) is 0.549. The highest BCUT2D eigenvalue weighted by atomic mass is 15.2. The van der Waals surface area contributed by atoms with E-state index in [1.54, 1.807) is 0 Å². The van der Waals surface area contributed by atoms with E-state index < -0.39 is 0 Å². The fraction of sp³-hybridized carbons (Fsp3) is 0.319. The monoisotopic (exact) mass is 1280 g/mol. The Hall–Kier alpha value is -8.59. The van der Waals surface area contributed by atoms with Gasteiger partial charge in [-0.3, -0.25) is 0 Å². The molecule has 0 aromatic heterocycles. The highest BCUT2D eigenvalue weighted by Crippen LogP contribution is 2.57. The third-order valence-electron chi connectivity index (χ3n) is 22.9. The lowest BCUT2D eigenvalue weighted by atomic mass is 9.31. The Labute approximate surface area is 586 Å².